The first-order valence-corrected chi connectivity index (χ1v) is 7.36. The molecule has 0 heterocycles. The second kappa shape index (κ2) is 7.39. The summed E-state index contributed by atoms with van der Waals surface area (Å²) in [4.78, 5) is 11.8. The Balaban J connectivity index is 1.67. The molecule has 0 saturated heterocycles. The fourth-order valence-electron chi connectivity index (χ4n) is 2.47. The van der Waals surface area contributed by atoms with Crippen molar-refractivity contribution < 1.29 is 9.53 Å². The molecule has 3 nitrogen and oxygen atoms in total. The Bertz CT molecular complexity index is 396. The minimum atomic E-state index is 0.0537. The van der Waals surface area contributed by atoms with E-state index in [0.717, 1.165) is 25.0 Å². The molecule has 1 aromatic carbocycles. The van der Waals surface area contributed by atoms with Crippen LogP contribution in [-0.4, -0.2) is 24.4 Å². The maximum Gasteiger partial charge on any atom is 0.223 e. The van der Waals surface area contributed by atoms with Crippen LogP contribution < -0.4 is 10.1 Å². The summed E-state index contributed by atoms with van der Waals surface area (Å²) in [7, 11) is 0. The lowest BCUT2D eigenvalue weighted by atomic mass is 10.1. The molecule has 0 aliphatic heterocycles. The number of hydrogen-bond donors (Lipinski definition) is 1. The molecule has 1 aliphatic rings. The Labute approximate surface area is 119 Å². The zero-order valence-corrected chi connectivity index (χ0v) is 11.7. The molecule has 1 saturated carbocycles. The van der Waals surface area contributed by atoms with Gasteiger partial charge in [-0.3, -0.25) is 4.79 Å². The fraction of sp³-hybridized carbons (Fsp3) is 0.533. The molecule has 4 heteroatoms. The minimum absolute atomic E-state index is 0.0537. The number of ether oxygens (including phenoxy) is 1. The average Bonchev–Trinajstić information content (AvgIpc) is 2.87. The Morgan fingerprint density at radius 3 is 2.84 bits per heavy atom. The van der Waals surface area contributed by atoms with E-state index in [1.54, 1.807) is 0 Å². The van der Waals surface area contributed by atoms with Crippen LogP contribution >= 0.6 is 11.6 Å². The van der Waals surface area contributed by atoms with E-state index in [9.17, 15) is 4.79 Å². The van der Waals surface area contributed by atoms with Crippen LogP contribution in [0, 0.1) is 5.92 Å². The number of amides is 1. The summed E-state index contributed by atoms with van der Waals surface area (Å²) < 4.78 is 5.51. The van der Waals surface area contributed by atoms with Gasteiger partial charge in [0.05, 0.1) is 13.0 Å². The molecule has 2 rings (SSSR count). The van der Waals surface area contributed by atoms with Crippen molar-refractivity contribution >= 4 is 17.5 Å². The van der Waals surface area contributed by atoms with Crippen molar-refractivity contribution in [1.29, 1.82) is 0 Å². The van der Waals surface area contributed by atoms with E-state index < -0.39 is 0 Å². The van der Waals surface area contributed by atoms with Crippen LogP contribution in [0.1, 0.15) is 25.7 Å². The molecule has 1 amide bonds. The fourth-order valence-corrected chi connectivity index (χ4v) is 2.84. The summed E-state index contributed by atoms with van der Waals surface area (Å²) in [5.74, 6) is 1.92. The maximum atomic E-state index is 11.8. The van der Waals surface area contributed by atoms with Gasteiger partial charge in [-0.05, 0) is 30.9 Å². The van der Waals surface area contributed by atoms with Crippen molar-refractivity contribution in [3.05, 3.63) is 30.3 Å². The molecule has 1 N–H and O–H groups in total. The summed E-state index contributed by atoms with van der Waals surface area (Å²) in [5, 5.41) is 3.06. The van der Waals surface area contributed by atoms with Gasteiger partial charge in [0.1, 0.15) is 5.75 Å². The molecule has 2 atom stereocenters. The molecular formula is C15H20ClNO2. The highest BCUT2D eigenvalue weighted by atomic mass is 35.5. The van der Waals surface area contributed by atoms with Crippen LogP contribution in [0.25, 0.3) is 0 Å². The number of para-hydroxylation sites is 1. The van der Waals surface area contributed by atoms with Gasteiger partial charge in [-0.1, -0.05) is 24.6 Å². The van der Waals surface area contributed by atoms with Gasteiger partial charge in [0.15, 0.2) is 0 Å². The number of benzene rings is 1. The van der Waals surface area contributed by atoms with Crippen molar-refractivity contribution in [2.45, 2.75) is 31.7 Å². The van der Waals surface area contributed by atoms with Crippen LogP contribution in [-0.2, 0) is 4.79 Å². The first-order valence-electron chi connectivity index (χ1n) is 6.83. The number of alkyl halides is 1. The predicted octanol–water partition coefficient (Wildman–Crippen LogP) is 2.98. The van der Waals surface area contributed by atoms with E-state index in [2.05, 4.69) is 5.32 Å². The third-order valence-corrected chi connectivity index (χ3v) is 3.94. The van der Waals surface area contributed by atoms with Gasteiger partial charge in [0.25, 0.3) is 0 Å². The van der Waals surface area contributed by atoms with E-state index in [4.69, 9.17) is 16.3 Å². The molecule has 0 spiro atoms. The minimum Gasteiger partial charge on any atom is -0.493 e. The lowest BCUT2D eigenvalue weighted by Crippen LogP contribution is -2.38. The van der Waals surface area contributed by atoms with E-state index >= 15 is 0 Å². The molecule has 1 aromatic rings. The molecule has 0 bridgehead atoms. The van der Waals surface area contributed by atoms with Gasteiger partial charge in [-0.15, -0.1) is 11.6 Å². The van der Waals surface area contributed by atoms with Crippen LogP contribution in [0.3, 0.4) is 0 Å². The summed E-state index contributed by atoms with van der Waals surface area (Å²) in [6.45, 7) is 0.411. The Hall–Kier alpha value is -1.22. The van der Waals surface area contributed by atoms with Crippen LogP contribution in [0.4, 0.5) is 0 Å². The highest BCUT2D eigenvalue weighted by Crippen LogP contribution is 2.26. The largest absolute Gasteiger partial charge is 0.493 e. The van der Waals surface area contributed by atoms with E-state index in [1.165, 1.54) is 0 Å². The first-order chi connectivity index (χ1) is 9.29. The molecule has 19 heavy (non-hydrogen) atoms. The van der Waals surface area contributed by atoms with Gasteiger partial charge in [-0.25, -0.2) is 0 Å². The molecule has 1 aliphatic carbocycles. The zero-order valence-electron chi connectivity index (χ0n) is 11.0. The third-order valence-electron chi connectivity index (χ3n) is 3.54. The summed E-state index contributed by atoms with van der Waals surface area (Å²) in [5.41, 5.74) is 0. The number of halogens is 1. The van der Waals surface area contributed by atoms with E-state index in [-0.39, 0.29) is 11.9 Å². The second-order valence-electron chi connectivity index (χ2n) is 4.93. The predicted molar refractivity (Wildman–Crippen MR) is 76.5 cm³/mol. The monoisotopic (exact) mass is 281 g/mol. The summed E-state index contributed by atoms with van der Waals surface area (Å²) in [6.07, 6.45) is 3.71. The van der Waals surface area contributed by atoms with Gasteiger partial charge in [0.2, 0.25) is 5.91 Å². The zero-order chi connectivity index (χ0) is 13.5. The van der Waals surface area contributed by atoms with Gasteiger partial charge in [-0.2, -0.15) is 0 Å². The second-order valence-corrected chi connectivity index (χ2v) is 5.24. The van der Waals surface area contributed by atoms with E-state index in [0.29, 0.717) is 24.8 Å². The Morgan fingerprint density at radius 1 is 1.32 bits per heavy atom. The molecule has 0 aromatic heterocycles. The number of carbonyl (C=O) groups excluding carboxylic acids is 1. The van der Waals surface area contributed by atoms with Crippen LogP contribution in [0.15, 0.2) is 30.3 Å². The highest BCUT2D eigenvalue weighted by Gasteiger charge is 2.27. The van der Waals surface area contributed by atoms with Crippen molar-refractivity contribution in [3.63, 3.8) is 0 Å². The molecule has 104 valence electrons. The Kier molecular flexibility index (Phi) is 5.52. The third kappa shape index (κ3) is 4.43. The van der Waals surface area contributed by atoms with E-state index in [1.807, 2.05) is 30.3 Å². The van der Waals surface area contributed by atoms with Gasteiger partial charge in [0, 0.05) is 11.9 Å². The molecule has 0 radical (unpaired) electrons. The lowest BCUT2D eigenvalue weighted by Gasteiger charge is -2.18. The van der Waals surface area contributed by atoms with Crippen LogP contribution in [0.2, 0.25) is 0 Å². The summed E-state index contributed by atoms with van der Waals surface area (Å²) >= 11 is 5.89. The van der Waals surface area contributed by atoms with Crippen molar-refractivity contribution in [2.24, 2.45) is 5.92 Å². The number of hydrogen-bond acceptors (Lipinski definition) is 2. The number of carbonyl (C=O) groups is 1. The average molecular weight is 282 g/mol. The normalized spacial score (nSPS) is 22.2. The quantitative estimate of drug-likeness (QED) is 0.814. The lowest BCUT2D eigenvalue weighted by molar-refractivity contribution is -0.122. The van der Waals surface area contributed by atoms with Gasteiger partial charge >= 0.3 is 0 Å². The molecule has 2 unspecified atom stereocenters. The molecular weight excluding hydrogens is 262 g/mol. The van der Waals surface area contributed by atoms with Crippen molar-refractivity contribution in [1.82, 2.24) is 5.32 Å². The molecule has 1 fully saturated rings. The van der Waals surface area contributed by atoms with Gasteiger partial charge < -0.3 is 10.1 Å². The Morgan fingerprint density at radius 2 is 2.11 bits per heavy atom. The highest BCUT2D eigenvalue weighted by molar-refractivity contribution is 6.18. The number of rotatable bonds is 6. The van der Waals surface area contributed by atoms with Crippen LogP contribution in [0.5, 0.6) is 5.75 Å². The topological polar surface area (TPSA) is 38.3 Å². The first kappa shape index (κ1) is 14.2. The number of nitrogens with one attached hydrogen (secondary N) is 1. The van der Waals surface area contributed by atoms with Crippen molar-refractivity contribution in [2.75, 3.05) is 12.5 Å². The summed E-state index contributed by atoms with van der Waals surface area (Å²) in [6, 6.07) is 9.79. The SMILES string of the molecule is O=C(CCOc1ccccc1)NC1CCCC1CCl. The maximum absolute atomic E-state index is 11.8. The van der Waals surface area contributed by atoms with Crippen molar-refractivity contribution in [3.8, 4) is 5.75 Å². The smallest absolute Gasteiger partial charge is 0.223 e. The standard InChI is InChI=1S/C15H20ClNO2/c16-11-12-5-4-8-14(12)17-15(18)9-10-19-13-6-2-1-3-7-13/h1-3,6-7,12,14H,4-5,8-11H2,(H,17,18).